The molecule has 0 saturated carbocycles. The predicted octanol–water partition coefficient (Wildman–Crippen LogP) is 4.41. The number of thiazole rings is 1. The van der Waals surface area contributed by atoms with Gasteiger partial charge in [0.1, 0.15) is 17.8 Å². The van der Waals surface area contributed by atoms with Gasteiger partial charge in [-0.3, -0.25) is 0 Å². The van der Waals surface area contributed by atoms with Crippen LogP contribution in [-0.4, -0.2) is 15.0 Å². The highest BCUT2D eigenvalue weighted by molar-refractivity contribution is 7.15. The molecule has 0 fully saturated rings. The Bertz CT molecular complexity index is 878. The first kappa shape index (κ1) is 16.4. The third-order valence-electron chi connectivity index (χ3n) is 3.32. The second-order valence-electron chi connectivity index (χ2n) is 5.02. The Hall–Kier alpha value is -2.45. The van der Waals surface area contributed by atoms with Crippen molar-refractivity contribution >= 4 is 51.1 Å². The zero-order chi connectivity index (χ0) is 17.3. The van der Waals surface area contributed by atoms with Crippen molar-refractivity contribution in [3.8, 4) is 0 Å². The van der Waals surface area contributed by atoms with Crippen molar-refractivity contribution in [2.45, 2.75) is 13.8 Å². The highest BCUT2D eigenvalue weighted by atomic mass is 35.5. The summed E-state index contributed by atoms with van der Waals surface area (Å²) in [4.78, 5) is 13.8. The minimum absolute atomic E-state index is 0.0136. The maximum absolute atomic E-state index is 13.2. The molecule has 0 aliphatic carbocycles. The van der Waals surface area contributed by atoms with E-state index in [-0.39, 0.29) is 5.02 Å². The lowest BCUT2D eigenvalue weighted by atomic mass is 10.3. The molecule has 24 heavy (non-hydrogen) atoms. The molecular formula is C15H14ClFN6S. The fourth-order valence-corrected chi connectivity index (χ4v) is 2.93. The molecule has 0 saturated heterocycles. The number of aryl methyl sites for hydroxylation is 2. The number of aromatic nitrogens is 3. The molecule has 4 N–H and O–H groups in total. The van der Waals surface area contributed by atoms with Gasteiger partial charge < -0.3 is 16.4 Å². The number of nitrogen functional groups attached to an aromatic ring is 1. The van der Waals surface area contributed by atoms with Crippen LogP contribution in [0.4, 0.5) is 32.5 Å². The summed E-state index contributed by atoms with van der Waals surface area (Å²) in [7, 11) is 0. The van der Waals surface area contributed by atoms with Crippen LogP contribution in [0.2, 0.25) is 5.02 Å². The van der Waals surface area contributed by atoms with Crippen LogP contribution in [0.3, 0.4) is 0 Å². The van der Waals surface area contributed by atoms with E-state index in [1.807, 2.05) is 13.8 Å². The molecule has 0 aliphatic heterocycles. The van der Waals surface area contributed by atoms with Crippen molar-refractivity contribution in [2.24, 2.45) is 0 Å². The van der Waals surface area contributed by atoms with Gasteiger partial charge in [-0.1, -0.05) is 11.6 Å². The van der Waals surface area contributed by atoms with E-state index in [1.165, 1.54) is 29.8 Å². The molecule has 0 amide bonds. The summed E-state index contributed by atoms with van der Waals surface area (Å²) in [5.74, 6) is 0.337. The number of hydrogen-bond acceptors (Lipinski definition) is 7. The van der Waals surface area contributed by atoms with Gasteiger partial charge in [-0.25, -0.2) is 19.3 Å². The highest BCUT2D eigenvalue weighted by Gasteiger charge is 2.12. The van der Waals surface area contributed by atoms with E-state index in [0.29, 0.717) is 28.1 Å². The quantitative estimate of drug-likeness (QED) is 0.635. The van der Waals surface area contributed by atoms with Crippen molar-refractivity contribution in [2.75, 3.05) is 16.4 Å². The Morgan fingerprint density at radius 2 is 1.88 bits per heavy atom. The van der Waals surface area contributed by atoms with Gasteiger partial charge in [-0.2, -0.15) is 0 Å². The average Bonchev–Trinajstić information content (AvgIpc) is 2.85. The van der Waals surface area contributed by atoms with E-state index < -0.39 is 5.82 Å². The third kappa shape index (κ3) is 3.39. The summed E-state index contributed by atoms with van der Waals surface area (Å²) >= 11 is 7.29. The van der Waals surface area contributed by atoms with E-state index in [9.17, 15) is 4.39 Å². The van der Waals surface area contributed by atoms with Crippen LogP contribution < -0.4 is 16.4 Å². The van der Waals surface area contributed by atoms with Crippen LogP contribution in [0.25, 0.3) is 0 Å². The summed E-state index contributed by atoms with van der Waals surface area (Å²) in [6.07, 6.45) is 1.37. The first-order valence-electron chi connectivity index (χ1n) is 6.97. The molecule has 2 aromatic heterocycles. The molecule has 0 unspecified atom stereocenters. The van der Waals surface area contributed by atoms with Crippen LogP contribution in [0.1, 0.15) is 10.6 Å². The zero-order valence-electron chi connectivity index (χ0n) is 12.9. The SMILES string of the molecule is Cc1nc(Nc2ncnc(Nc3ccc(F)c(Cl)c3)c2N)sc1C. The van der Waals surface area contributed by atoms with Gasteiger partial charge in [0.25, 0.3) is 0 Å². The molecule has 3 rings (SSSR count). The number of halogens is 2. The molecule has 0 radical (unpaired) electrons. The number of rotatable bonds is 4. The summed E-state index contributed by atoms with van der Waals surface area (Å²) < 4.78 is 13.2. The Morgan fingerprint density at radius 3 is 2.50 bits per heavy atom. The van der Waals surface area contributed by atoms with E-state index >= 15 is 0 Å². The van der Waals surface area contributed by atoms with Crippen LogP contribution in [0, 0.1) is 19.7 Å². The van der Waals surface area contributed by atoms with E-state index in [2.05, 4.69) is 25.6 Å². The molecular weight excluding hydrogens is 351 g/mol. The molecule has 0 atom stereocenters. The van der Waals surface area contributed by atoms with Crippen LogP contribution in [0.15, 0.2) is 24.5 Å². The van der Waals surface area contributed by atoms with E-state index in [0.717, 1.165) is 10.6 Å². The van der Waals surface area contributed by atoms with Crippen molar-refractivity contribution in [3.05, 3.63) is 45.9 Å². The van der Waals surface area contributed by atoms with Crippen molar-refractivity contribution in [1.82, 2.24) is 15.0 Å². The first-order chi connectivity index (χ1) is 11.4. The predicted molar refractivity (Wildman–Crippen MR) is 96.0 cm³/mol. The molecule has 1 aromatic carbocycles. The number of nitrogens with one attached hydrogen (secondary N) is 2. The Kier molecular flexibility index (Phi) is 4.50. The van der Waals surface area contributed by atoms with Gasteiger partial charge in [-0.15, -0.1) is 11.3 Å². The lowest BCUT2D eigenvalue weighted by Crippen LogP contribution is -2.05. The number of benzene rings is 1. The fraction of sp³-hybridized carbons (Fsp3) is 0.133. The van der Waals surface area contributed by atoms with Gasteiger partial charge in [0.2, 0.25) is 0 Å². The van der Waals surface area contributed by atoms with Crippen molar-refractivity contribution < 1.29 is 4.39 Å². The lowest BCUT2D eigenvalue weighted by Gasteiger charge is -2.11. The largest absolute Gasteiger partial charge is 0.393 e. The zero-order valence-corrected chi connectivity index (χ0v) is 14.5. The molecule has 0 aliphatic rings. The molecule has 0 bridgehead atoms. The van der Waals surface area contributed by atoms with Crippen LogP contribution >= 0.6 is 22.9 Å². The maximum Gasteiger partial charge on any atom is 0.188 e. The summed E-state index contributed by atoms with van der Waals surface area (Å²) in [5, 5.41) is 6.80. The average molecular weight is 365 g/mol. The van der Waals surface area contributed by atoms with Crippen LogP contribution in [0.5, 0.6) is 0 Å². The Balaban J connectivity index is 1.86. The van der Waals surface area contributed by atoms with Gasteiger partial charge in [-0.05, 0) is 32.0 Å². The minimum atomic E-state index is -0.491. The smallest absolute Gasteiger partial charge is 0.188 e. The number of anilines is 5. The number of hydrogen-bond donors (Lipinski definition) is 3. The lowest BCUT2D eigenvalue weighted by molar-refractivity contribution is 0.628. The summed E-state index contributed by atoms with van der Waals surface area (Å²) in [5.41, 5.74) is 7.96. The highest BCUT2D eigenvalue weighted by Crippen LogP contribution is 2.31. The number of nitrogens with two attached hydrogens (primary N) is 1. The van der Waals surface area contributed by atoms with Crippen molar-refractivity contribution in [1.29, 1.82) is 0 Å². The normalized spacial score (nSPS) is 10.7. The second-order valence-corrected chi connectivity index (χ2v) is 6.63. The first-order valence-corrected chi connectivity index (χ1v) is 8.17. The molecule has 2 heterocycles. The maximum atomic E-state index is 13.2. The second kappa shape index (κ2) is 6.58. The van der Waals surface area contributed by atoms with Crippen LogP contribution in [-0.2, 0) is 0 Å². The van der Waals surface area contributed by atoms with E-state index in [1.54, 1.807) is 6.07 Å². The standard InChI is InChI=1S/C15H14ClFN6S/c1-7-8(2)24-15(21-7)23-14-12(18)13(19-6-20-14)22-9-3-4-11(17)10(16)5-9/h3-6H,18H2,1-2H3,(H2,19,20,21,22,23). The Morgan fingerprint density at radius 1 is 1.17 bits per heavy atom. The molecule has 0 spiro atoms. The Labute approximate surface area is 146 Å². The van der Waals surface area contributed by atoms with Crippen molar-refractivity contribution in [3.63, 3.8) is 0 Å². The number of nitrogens with zero attached hydrogens (tertiary/aromatic N) is 3. The monoisotopic (exact) mass is 364 g/mol. The molecule has 6 nitrogen and oxygen atoms in total. The van der Waals surface area contributed by atoms with E-state index in [4.69, 9.17) is 17.3 Å². The van der Waals surface area contributed by atoms with Gasteiger partial charge in [0.15, 0.2) is 16.8 Å². The van der Waals surface area contributed by atoms with Gasteiger partial charge in [0.05, 0.1) is 10.7 Å². The third-order valence-corrected chi connectivity index (χ3v) is 4.60. The fourth-order valence-electron chi connectivity index (χ4n) is 1.93. The van der Waals surface area contributed by atoms with Gasteiger partial charge >= 0.3 is 0 Å². The topological polar surface area (TPSA) is 88.8 Å². The molecule has 3 aromatic rings. The molecule has 9 heteroatoms. The van der Waals surface area contributed by atoms with Gasteiger partial charge in [0, 0.05) is 10.6 Å². The minimum Gasteiger partial charge on any atom is -0.393 e. The molecule has 124 valence electrons. The summed E-state index contributed by atoms with van der Waals surface area (Å²) in [6, 6.07) is 4.27. The summed E-state index contributed by atoms with van der Waals surface area (Å²) in [6.45, 7) is 3.93.